The van der Waals surface area contributed by atoms with Gasteiger partial charge in [-0.05, 0) is 0 Å². The van der Waals surface area contributed by atoms with E-state index in [4.69, 9.17) is 5.11 Å². The number of carboxylic acid groups (broad SMARTS) is 1. The average Bonchev–Trinajstić information content (AvgIpc) is 2.50. The third-order valence-electron chi connectivity index (χ3n) is 1.37. The van der Waals surface area contributed by atoms with Crippen molar-refractivity contribution < 1.29 is 14.7 Å². The zero-order valence-corrected chi connectivity index (χ0v) is 7.96. The number of amides is 1. The molecule has 0 saturated carbocycles. The summed E-state index contributed by atoms with van der Waals surface area (Å²) in [5.41, 5.74) is 1.17. The van der Waals surface area contributed by atoms with Crippen molar-refractivity contribution in [1.82, 2.24) is 9.88 Å². The van der Waals surface area contributed by atoms with E-state index in [-0.39, 0.29) is 16.5 Å². The molecule has 5 nitrogen and oxygen atoms in total. The number of aromatic nitrogens is 1. The quantitative estimate of drug-likeness (QED) is 0.756. The summed E-state index contributed by atoms with van der Waals surface area (Å²) < 4.78 is 0. The van der Waals surface area contributed by atoms with Crippen molar-refractivity contribution in [1.29, 1.82) is 0 Å². The van der Waals surface area contributed by atoms with Crippen molar-refractivity contribution in [3.8, 4) is 0 Å². The molecule has 70 valence electrons. The molecular weight excluding hydrogens is 192 g/mol. The fourth-order valence-corrected chi connectivity index (χ4v) is 1.55. The maximum atomic E-state index is 11.4. The normalized spacial score (nSPS) is 9.69. The summed E-state index contributed by atoms with van der Waals surface area (Å²) in [6.45, 7) is 0. The third kappa shape index (κ3) is 1.83. The van der Waals surface area contributed by atoms with Crippen LogP contribution in [0.2, 0.25) is 0 Å². The number of thiazole rings is 1. The second-order valence-electron chi connectivity index (χ2n) is 2.53. The molecule has 1 aromatic rings. The van der Waals surface area contributed by atoms with E-state index in [2.05, 4.69) is 4.98 Å². The minimum atomic E-state index is -1.17. The first-order valence-corrected chi connectivity index (χ1v) is 4.30. The molecule has 13 heavy (non-hydrogen) atoms. The molecule has 0 aliphatic rings. The first-order valence-electron chi connectivity index (χ1n) is 3.42. The van der Waals surface area contributed by atoms with Crippen LogP contribution in [0.4, 0.5) is 0 Å². The molecule has 0 radical (unpaired) electrons. The molecule has 0 aliphatic heterocycles. The number of hydrogen-bond donors (Lipinski definition) is 1. The van der Waals surface area contributed by atoms with E-state index in [0.29, 0.717) is 0 Å². The Hall–Kier alpha value is -1.43. The van der Waals surface area contributed by atoms with Gasteiger partial charge in [0.15, 0.2) is 5.69 Å². The summed E-state index contributed by atoms with van der Waals surface area (Å²) in [4.78, 5) is 27.0. The molecule has 0 saturated heterocycles. The van der Waals surface area contributed by atoms with E-state index in [9.17, 15) is 9.59 Å². The van der Waals surface area contributed by atoms with Crippen molar-refractivity contribution >= 4 is 23.2 Å². The van der Waals surface area contributed by atoms with E-state index in [1.54, 1.807) is 14.1 Å². The lowest BCUT2D eigenvalue weighted by atomic mass is 10.3. The predicted molar refractivity (Wildman–Crippen MR) is 47.1 cm³/mol. The molecular formula is C7H8N2O3S. The summed E-state index contributed by atoms with van der Waals surface area (Å²) in [6, 6.07) is 0. The Balaban J connectivity index is 3.08. The highest BCUT2D eigenvalue weighted by molar-refractivity contribution is 7.12. The average molecular weight is 200 g/mol. The highest BCUT2D eigenvalue weighted by atomic mass is 32.1. The topological polar surface area (TPSA) is 70.5 Å². The van der Waals surface area contributed by atoms with Crippen molar-refractivity contribution in [2.45, 2.75) is 0 Å². The van der Waals surface area contributed by atoms with Gasteiger partial charge in [-0.1, -0.05) is 0 Å². The lowest BCUT2D eigenvalue weighted by Crippen LogP contribution is -2.22. The van der Waals surface area contributed by atoms with E-state index >= 15 is 0 Å². The van der Waals surface area contributed by atoms with Gasteiger partial charge in [-0.25, -0.2) is 9.78 Å². The van der Waals surface area contributed by atoms with Crippen LogP contribution in [0.25, 0.3) is 0 Å². The number of hydrogen-bond acceptors (Lipinski definition) is 4. The maximum absolute atomic E-state index is 11.4. The third-order valence-corrected chi connectivity index (χ3v) is 2.18. The monoisotopic (exact) mass is 200 g/mol. The van der Waals surface area contributed by atoms with Crippen LogP contribution in [-0.2, 0) is 0 Å². The molecule has 0 unspecified atom stereocenters. The predicted octanol–water partition coefficient (Wildman–Crippen LogP) is 0.543. The van der Waals surface area contributed by atoms with Crippen molar-refractivity contribution in [3.63, 3.8) is 0 Å². The lowest BCUT2D eigenvalue weighted by Gasteiger charge is -2.07. The number of nitrogens with zero attached hydrogens (tertiary/aromatic N) is 2. The van der Waals surface area contributed by atoms with E-state index < -0.39 is 5.97 Å². The fourth-order valence-electron chi connectivity index (χ4n) is 0.753. The van der Waals surface area contributed by atoms with Crippen LogP contribution < -0.4 is 0 Å². The van der Waals surface area contributed by atoms with Crippen LogP contribution >= 0.6 is 11.3 Å². The first kappa shape index (κ1) is 9.66. The second-order valence-corrected chi connectivity index (χ2v) is 3.39. The maximum Gasteiger partial charge on any atom is 0.356 e. The minimum absolute atomic E-state index is 0.164. The Morgan fingerprint density at radius 1 is 1.54 bits per heavy atom. The first-order chi connectivity index (χ1) is 6.04. The molecule has 1 aromatic heterocycles. The van der Waals surface area contributed by atoms with Gasteiger partial charge in [0.2, 0.25) is 0 Å². The Morgan fingerprint density at radius 3 is 2.62 bits per heavy atom. The van der Waals surface area contributed by atoms with Gasteiger partial charge in [-0.15, -0.1) is 11.3 Å². The van der Waals surface area contributed by atoms with Crippen LogP contribution in [0.3, 0.4) is 0 Å². The molecule has 0 fully saturated rings. The molecule has 1 amide bonds. The molecule has 0 bridgehead atoms. The van der Waals surface area contributed by atoms with E-state index in [1.807, 2.05) is 0 Å². The van der Waals surface area contributed by atoms with Gasteiger partial charge in [0, 0.05) is 14.1 Å². The Morgan fingerprint density at radius 2 is 2.15 bits per heavy atom. The SMILES string of the molecule is CN(C)C(=O)c1scnc1C(=O)O. The summed E-state index contributed by atoms with van der Waals surface area (Å²) in [5.74, 6) is -1.51. The molecule has 1 rings (SSSR count). The Bertz CT molecular complexity index is 345. The molecule has 0 aromatic carbocycles. The van der Waals surface area contributed by atoms with Crippen LogP contribution in [-0.4, -0.2) is 41.0 Å². The second kappa shape index (κ2) is 3.53. The molecule has 0 spiro atoms. The number of aromatic carboxylic acids is 1. The lowest BCUT2D eigenvalue weighted by molar-refractivity contribution is 0.0680. The van der Waals surface area contributed by atoms with Gasteiger partial charge in [-0.3, -0.25) is 4.79 Å². The Labute approximate surface area is 78.6 Å². The van der Waals surface area contributed by atoms with Crippen molar-refractivity contribution in [2.24, 2.45) is 0 Å². The van der Waals surface area contributed by atoms with E-state index in [0.717, 1.165) is 11.3 Å². The fraction of sp³-hybridized carbons (Fsp3) is 0.286. The largest absolute Gasteiger partial charge is 0.476 e. The molecule has 1 N–H and O–H groups in total. The zero-order chi connectivity index (χ0) is 10.0. The van der Waals surface area contributed by atoms with Crippen molar-refractivity contribution in [2.75, 3.05) is 14.1 Å². The summed E-state index contributed by atoms with van der Waals surface area (Å²) in [5, 5.41) is 8.66. The number of rotatable bonds is 2. The van der Waals surface area contributed by atoms with Crippen LogP contribution in [0.15, 0.2) is 5.51 Å². The van der Waals surface area contributed by atoms with Gasteiger partial charge >= 0.3 is 5.97 Å². The van der Waals surface area contributed by atoms with Gasteiger partial charge in [-0.2, -0.15) is 0 Å². The number of carboxylic acids is 1. The molecule has 0 atom stereocenters. The highest BCUT2D eigenvalue weighted by Crippen LogP contribution is 2.14. The summed E-state index contributed by atoms with van der Waals surface area (Å²) in [6.07, 6.45) is 0. The standard InChI is InChI=1S/C7H8N2O3S/c1-9(2)6(10)5-4(7(11)12)8-3-13-5/h3H,1-2H3,(H,11,12). The molecule has 1 heterocycles. The smallest absolute Gasteiger partial charge is 0.356 e. The van der Waals surface area contributed by atoms with Gasteiger partial charge in [0.25, 0.3) is 5.91 Å². The Kier molecular flexibility index (Phi) is 2.62. The van der Waals surface area contributed by atoms with Gasteiger partial charge in [0.05, 0.1) is 5.51 Å². The summed E-state index contributed by atoms with van der Waals surface area (Å²) >= 11 is 1.03. The van der Waals surface area contributed by atoms with Gasteiger partial charge < -0.3 is 10.0 Å². The summed E-state index contributed by atoms with van der Waals surface area (Å²) in [7, 11) is 3.13. The van der Waals surface area contributed by atoms with E-state index in [1.165, 1.54) is 10.4 Å². The van der Waals surface area contributed by atoms with Crippen LogP contribution in [0.5, 0.6) is 0 Å². The van der Waals surface area contributed by atoms with Crippen molar-refractivity contribution in [3.05, 3.63) is 16.1 Å². The van der Waals surface area contributed by atoms with Crippen LogP contribution in [0.1, 0.15) is 20.2 Å². The molecule has 6 heteroatoms. The van der Waals surface area contributed by atoms with Crippen LogP contribution in [0, 0.1) is 0 Å². The zero-order valence-electron chi connectivity index (χ0n) is 7.14. The number of carbonyl (C=O) groups is 2. The van der Waals surface area contributed by atoms with Gasteiger partial charge in [0.1, 0.15) is 4.88 Å². The minimum Gasteiger partial charge on any atom is -0.476 e. The molecule has 0 aliphatic carbocycles. The highest BCUT2D eigenvalue weighted by Gasteiger charge is 2.20. The number of carbonyl (C=O) groups excluding carboxylic acids is 1.